The van der Waals surface area contributed by atoms with Gasteiger partial charge in [0, 0.05) is 39.5 Å². The fourth-order valence-electron chi connectivity index (χ4n) is 2.89. The first-order valence-corrected chi connectivity index (χ1v) is 8.42. The molecule has 0 radical (unpaired) electrons. The predicted molar refractivity (Wildman–Crippen MR) is 87.6 cm³/mol. The fourth-order valence-corrected chi connectivity index (χ4v) is 2.89. The number of aliphatic imine (C=N–C) groups is 1. The molecule has 0 atom stereocenters. The van der Waals surface area contributed by atoms with Crippen LogP contribution in [-0.2, 0) is 9.47 Å². The molecule has 0 amide bonds. The van der Waals surface area contributed by atoms with Gasteiger partial charge in [0.25, 0.3) is 0 Å². The van der Waals surface area contributed by atoms with Crippen molar-refractivity contribution in [2.75, 3.05) is 39.5 Å². The highest BCUT2D eigenvalue weighted by molar-refractivity contribution is 5.77. The number of hydrogen-bond acceptors (Lipinski definition) is 3. The number of rotatable bonds is 11. The minimum atomic E-state index is 0.312. The molecule has 0 unspecified atom stereocenters. The molecule has 1 aliphatic carbocycles. The van der Waals surface area contributed by atoms with Gasteiger partial charge in [0.1, 0.15) is 0 Å². The summed E-state index contributed by atoms with van der Waals surface area (Å²) < 4.78 is 10.8. The van der Waals surface area contributed by atoms with E-state index in [0.29, 0.717) is 11.4 Å². The van der Waals surface area contributed by atoms with Crippen LogP contribution in [0, 0.1) is 5.41 Å². The zero-order valence-corrected chi connectivity index (χ0v) is 13.8. The highest BCUT2D eigenvalue weighted by Gasteiger charge is 2.33. The first-order valence-electron chi connectivity index (χ1n) is 8.42. The van der Waals surface area contributed by atoms with Gasteiger partial charge in [-0.1, -0.05) is 12.8 Å². The summed E-state index contributed by atoms with van der Waals surface area (Å²) in [5.74, 6) is 0.564. The van der Waals surface area contributed by atoms with Gasteiger partial charge in [-0.3, -0.25) is 4.99 Å². The quantitative estimate of drug-likeness (QED) is 0.349. The van der Waals surface area contributed by atoms with Gasteiger partial charge in [-0.25, -0.2) is 0 Å². The fraction of sp³-hybridized carbons (Fsp3) is 0.938. The van der Waals surface area contributed by atoms with Gasteiger partial charge >= 0.3 is 0 Å². The average molecular weight is 299 g/mol. The minimum absolute atomic E-state index is 0.312. The third-order valence-electron chi connectivity index (χ3n) is 4.21. The summed E-state index contributed by atoms with van der Waals surface area (Å²) in [5.41, 5.74) is 6.26. The average Bonchev–Trinajstić information content (AvgIpc) is 2.95. The first-order chi connectivity index (χ1) is 10.2. The van der Waals surface area contributed by atoms with Crippen LogP contribution in [0.5, 0.6) is 0 Å². The van der Waals surface area contributed by atoms with Gasteiger partial charge in [-0.2, -0.15) is 0 Å². The van der Waals surface area contributed by atoms with Crippen molar-refractivity contribution in [1.29, 1.82) is 0 Å². The molecule has 0 aliphatic heterocycles. The molecule has 5 heteroatoms. The zero-order valence-electron chi connectivity index (χ0n) is 13.8. The minimum Gasteiger partial charge on any atom is -0.382 e. The molecule has 1 fully saturated rings. The van der Waals surface area contributed by atoms with Crippen LogP contribution in [0.15, 0.2) is 4.99 Å². The Balaban J connectivity index is 2.28. The van der Waals surface area contributed by atoms with Crippen LogP contribution in [0.2, 0.25) is 0 Å². The largest absolute Gasteiger partial charge is 0.382 e. The highest BCUT2D eigenvalue weighted by atomic mass is 16.5. The molecule has 124 valence electrons. The molecule has 0 saturated heterocycles. The van der Waals surface area contributed by atoms with Crippen molar-refractivity contribution in [3.05, 3.63) is 0 Å². The van der Waals surface area contributed by atoms with E-state index in [2.05, 4.69) is 10.3 Å². The summed E-state index contributed by atoms with van der Waals surface area (Å²) >= 11 is 0. The molecule has 1 rings (SSSR count). The summed E-state index contributed by atoms with van der Waals surface area (Å²) in [7, 11) is 0. The lowest BCUT2D eigenvalue weighted by molar-refractivity contribution is 0.107. The second kappa shape index (κ2) is 10.9. The van der Waals surface area contributed by atoms with Crippen LogP contribution < -0.4 is 11.1 Å². The maximum absolute atomic E-state index is 5.95. The Kier molecular flexibility index (Phi) is 9.42. The second-order valence-electron chi connectivity index (χ2n) is 5.83. The standard InChI is InChI=1S/C16H33N3O2/c1-3-20-12-7-11-18-15(17)19-14-16(8-5-6-9-16)10-13-21-4-2/h3-14H2,1-2H3,(H3,17,18,19). The van der Waals surface area contributed by atoms with E-state index < -0.39 is 0 Å². The molecule has 0 bridgehead atoms. The van der Waals surface area contributed by atoms with Crippen LogP contribution in [0.1, 0.15) is 52.4 Å². The third-order valence-corrected chi connectivity index (χ3v) is 4.21. The Morgan fingerprint density at radius 3 is 2.48 bits per heavy atom. The molecule has 0 aromatic carbocycles. The third kappa shape index (κ3) is 7.67. The summed E-state index contributed by atoms with van der Waals surface area (Å²) in [6.07, 6.45) is 7.18. The Bertz CT molecular complexity index is 289. The molecule has 0 aromatic rings. The van der Waals surface area contributed by atoms with E-state index in [1.54, 1.807) is 0 Å². The number of nitrogens with zero attached hydrogens (tertiary/aromatic N) is 1. The Hall–Kier alpha value is -0.810. The summed E-state index contributed by atoms with van der Waals surface area (Å²) in [6, 6.07) is 0. The topological polar surface area (TPSA) is 68.9 Å². The molecule has 1 aliphatic rings. The van der Waals surface area contributed by atoms with Crippen molar-refractivity contribution in [3.8, 4) is 0 Å². The molecule has 5 nitrogen and oxygen atoms in total. The lowest BCUT2D eigenvalue weighted by atomic mass is 9.83. The van der Waals surface area contributed by atoms with Crippen LogP contribution in [0.4, 0.5) is 0 Å². The monoisotopic (exact) mass is 299 g/mol. The van der Waals surface area contributed by atoms with E-state index >= 15 is 0 Å². The van der Waals surface area contributed by atoms with E-state index in [0.717, 1.165) is 52.4 Å². The number of ether oxygens (including phenoxy) is 2. The van der Waals surface area contributed by atoms with E-state index in [9.17, 15) is 0 Å². The van der Waals surface area contributed by atoms with Crippen molar-refractivity contribution in [2.45, 2.75) is 52.4 Å². The molecule has 1 saturated carbocycles. The zero-order chi connectivity index (χ0) is 15.4. The number of hydrogen-bond donors (Lipinski definition) is 2. The summed E-state index contributed by atoms with van der Waals surface area (Å²) in [4.78, 5) is 4.56. The molecule has 0 heterocycles. The Morgan fingerprint density at radius 1 is 1.14 bits per heavy atom. The van der Waals surface area contributed by atoms with Crippen LogP contribution >= 0.6 is 0 Å². The molecule has 0 aromatic heterocycles. The Labute approximate surface area is 129 Å². The van der Waals surface area contributed by atoms with E-state index in [-0.39, 0.29) is 0 Å². The Morgan fingerprint density at radius 2 is 1.81 bits per heavy atom. The van der Waals surface area contributed by atoms with Gasteiger partial charge in [0.15, 0.2) is 5.96 Å². The van der Waals surface area contributed by atoms with Gasteiger partial charge in [-0.15, -0.1) is 0 Å². The second-order valence-corrected chi connectivity index (χ2v) is 5.83. The van der Waals surface area contributed by atoms with E-state index in [4.69, 9.17) is 15.2 Å². The maximum atomic E-state index is 5.95. The number of guanidine groups is 1. The molecular formula is C16H33N3O2. The number of nitrogens with one attached hydrogen (secondary N) is 1. The predicted octanol–water partition coefficient (Wildman–Crippen LogP) is 2.30. The maximum Gasteiger partial charge on any atom is 0.188 e. The SMILES string of the molecule is CCOCCCNC(N)=NCC1(CCOCC)CCCC1. The van der Waals surface area contributed by atoms with Crippen molar-refractivity contribution >= 4 is 5.96 Å². The van der Waals surface area contributed by atoms with Crippen molar-refractivity contribution < 1.29 is 9.47 Å². The first kappa shape index (κ1) is 18.2. The summed E-state index contributed by atoms with van der Waals surface area (Å²) in [6.45, 7) is 8.87. The summed E-state index contributed by atoms with van der Waals surface area (Å²) in [5, 5.41) is 3.17. The van der Waals surface area contributed by atoms with Crippen LogP contribution in [-0.4, -0.2) is 45.5 Å². The van der Waals surface area contributed by atoms with Gasteiger partial charge < -0.3 is 20.5 Å². The molecule has 0 spiro atoms. The van der Waals surface area contributed by atoms with Crippen molar-refractivity contribution in [3.63, 3.8) is 0 Å². The van der Waals surface area contributed by atoms with Gasteiger partial charge in [-0.05, 0) is 44.9 Å². The van der Waals surface area contributed by atoms with E-state index in [1.165, 1.54) is 25.7 Å². The normalized spacial score (nSPS) is 18.1. The van der Waals surface area contributed by atoms with Gasteiger partial charge in [0.05, 0.1) is 0 Å². The van der Waals surface area contributed by atoms with Crippen LogP contribution in [0.3, 0.4) is 0 Å². The molecule has 3 N–H and O–H groups in total. The number of nitrogens with two attached hydrogens (primary N) is 1. The lowest BCUT2D eigenvalue weighted by Gasteiger charge is -2.27. The van der Waals surface area contributed by atoms with Gasteiger partial charge in [0.2, 0.25) is 0 Å². The van der Waals surface area contributed by atoms with Crippen LogP contribution in [0.25, 0.3) is 0 Å². The van der Waals surface area contributed by atoms with E-state index in [1.807, 2.05) is 13.8 Å². The van der Waals surface area contributed by atoms with Crippen molar-refractivity contribution in [1.82, 2.24) is 5.32 Å². The molecule has 21 heavy (non-hydrogen) atoms. The van der Waals surface area contributed by atoms with Crippen molar-refractivity contribution in [2.24, 2.45) is 16.1 Å². The smallest absolute Gasteiger partial charge is 0.188 e. The molecular weight excluding hydrogens is 266 g/mol. The highest BCUT2D eigenvalue weighted by Crippen LogP contribution is 2.41. The lowest BCUT2D eigenvalue weighted by Crippen LogP contribution is -2.34.